The van der Waals surface area contributed by atoms with Crippen LogP contribution in [0.2, 0.25) is 0 Å². The molecule has 1 aliphatic heterocycles. The molecule has 4 heteroatoms. The number of nitrogens with zero attached hydrogens (tertiary/aromatic N) is 2. The molecule has 2 rings (SSSR count). The molecule has 1 N–H and O–H groups in total. The lowest BCUT2D eigenvalue weighted by Gasteiger charge is -2.33. The first-order valence-corrected chi connectivity index (χ1v) is 7.44. The van der Waals surface area contributed by atoms with E-state index in [1.54, 1.807) is 0 Å². The number of rotatable bonds is 3. The van der Waals surface area contributed by atoms with Crippen LogP contribution in [0.4, 0.5) is 0 Å². The van der Waals surface area contributed by atoms with E-state index in [1.807, 2.05) is 19.0 Å². The number of β-amino-alcohol motifs (C(OH)–C–C–N with tert-alkyl or cyclic N) is 1. The van der Waals surface area contributed by atoms with Crippen molar-refractivity contribution >= 4 is 5.91 Å². The molecular weight excluding hydrogens is 240 g/mol. The number of aliphatic hydroxyl groups excluding tert-OH is 1. The lowest BCUT2D eigenvalue weighted by Crippen LogP contribution is -2.46. The number of hydrogen-bond acceptors (Lipinski definition) is 3. The maximum absolute atomic E-state index is 12.8. The Kier molecular flexibility index (Phi) is 4.21. The van der Waals surface area contributed by atoms with E-state index in [9.17, 15) is 9.90 Å². The lowest BCUT2D eigenvalue weighted by molar-refractivity contribution is -0.139. The molecule has 1 saturated carbocycles. The first kappa shape index (κ1) is 14.8. The number of likely N-dealkylation sites (tertiary alicyclic amines) is 1. The van der Waals surface area contributed by atoms with Gasteiger partial charge in [0, 0.05) is 25.0 Å². The summed E-state index contributed by atoms with van der Waals surface area (Å²) in [7, 11) is 4.04. The summed E-state index contributed by atoms with van der Waals surface area (Å²) in [6.45, 7) is 5.77. The van der Waals surface area contributed by atoms with E-state index >= 15 is 0 Å². The monoisotopic (exact) mass is 268 g/mol. The van der Waals surface area contributed by atoms with Crippen molar-refractivity contribution in [2.75, 3.05) is 27.2 Å². The highest BCUT2D eigenvalue weighted by atomic mass is 16.3. The summed E-state index contributed by atoms with van der Waals surface area (Å²) in [5, 5.41) is 9.89. The summed E-state index contributed by atoms with van der Waals surface area (Å²) < 4.78 is 0. The molecule has 1 heterocycles. The summed E-state index contributed by atoms with van der Waals surface area (Å²) in [6, 6.07) is 0.175. The Bertz CT molecular complexity index is 341. The van der Waals surface area contributed by atoms with E-state index < -0.39 is 0 Å². The van der Waals surface area contributed by atoms with Crippen LogP contribution in [0.15, 0.2) is 0 Å². The minimum atomic E-state index is -0.349. The summed E-state index contributed by atoms with van der Waals surface area (Å²) in [5.74, 6) is 0.411. The number of likely N-dealkylation sites (N-methyl/N-ethyl adjacent to an activating group) is 1. The molecule has 2 aliphatic rings. The van der Waals surface area contributed by atoms with Crippen LogP contribution in [0, 0.1) is 11.3 Å². The molecule has 0 aromatic rings. The molecule has 0 aromatic heterocycles. The van der Waals surface area contributed by atoms with Crippen molar-refractivity contribution < 1.29 is 9.90 Å². The smallest absolute Gasteiger partial charge is 0.226 e. The molecule has 19 heavy (non-hydrogen) atoms. The van der Waals surface area contributed by atoms with E-state index in [0.717, 1.165) is 32.2 Å². The summed E-state index contributed by atoms with van der Waals surface area (Å²) in [4.78, 5) is 16.8. The van der Waals surface area contributed by atoms with Gasteiger partial charge in [0.1, 0.15) is 0 Å². The number of aliphatic hydroxyl groups is 1. The molecule has 0 bridgehead atoms. The SMILES string of the molecule is CN(C)CC1CC(O)CN1C(=O)C1CCCC1(C)C. The van der Waals surface area contributed by atoms with Gasteiger partial charge in [0.15, 0.2) is 0 Å². The molecule has 0 spiro atoms. The highest BCUT2D eigenvalue weighted by Gasteiger charge is 2.44. The van der Waals surface area contributed by atoms with Crippen LogP contribution in [0.5, 0.6) is 0 Å². The Labute approximate surface area is 116 Å². The van der Waals surface area contributed by atoms with E-state index in [0.29, 0.717) is 6.54 Å². The van der Waals surface area contributed by atoms with Gasteiger partial charge in [-0.2, -0.15) is 0 Å². The predicted molar refractivity (Wildman–Crippen MR) is 75.8 cm³/mol. The van der Waals surface area contributed by atoms with Crippen LogP contribution in [0.1, 0.15) is 39.5 Å². The largest absolute Gasteiger partial charge is 0.391 e. The average Bonchev–Trinajstić information content (AvgIpc) is 2.79. The zero-order valence-corrected chi connectivity index (χ0v) is 12.7. The van der Waals surface area contributed by atoms with Crippen LogP contribution < -0.4 is 0 Å². The first-order valence-electron chi connectivity index (χ1n) is 7.44. The molecule has 1 aliphatic carbocycles. The van der Waals surface area contributed by atoms with Crippen LogP contribution in [0.25, 0.3) is 0 Å². The third-order valence-corrected chi connectivity index (χ3v) is 4.81. The fourth-order valence-corrected chi connectivity index (χ4v) is 3.74. The van der Waals surface area contributed by atoms with Crippen molar-refractivity contribution in [3.05, 3.63) is 0 Å². The van der Waals surface area contributed by atoms with Gasteiger partial charge in [0.2, 0.25) is 5.91 Å². The normalized spacial score (nSPS) is 34.2. The molecule has 1 amide bonds. The molecule has 0 radical (unpaired) electrons. The molecular formula is C15H28N2O2. The van der Waals surface area contributed by atoms with E-state index in [-0.39, 0.29) is 29.4 Å². The lowest BCUT2D eigenvalue weighted by atomic mass is 9.81. The summed E-state index contributed by atoms with van der Waals surface area (Å²) >= 11 is 0. The van der Waals surface area contributed by atoms with Crippen LogP contribution in [-0.2, 0) is 4.79 Å². The minimum absolute atomic E-state index is 0.118. The van der Waals surface area contributed by atoms with Crippen molar-refractivity contribution in [3.8, 4) is 0 Å². The van der Waals surface area contributed by atoms with Gasteiger partial charge < -0.3 is 14.9 Å². The first-order chi connectivity index (χ1) is 8.81. The number of carbonyl (C=O) groups is 1. The quantitative estimate of drug-likeness (QED) is 0.840. The highest BCUT2D eigenvalue weighted by molar-refractivity contribution is 5.80. The van der Waals surface area contributed by atoms with Crippen molar-refractivity contribution in [1.82, 2.24) is 9.80 Å². The number of carbonyl (C=O) groups excluding carboxylic acids is 1. The standard InChI is InChI=1S/C15H28N2O2/c1-15(2)7-5-6-13(15)14(19)17-10-12(18)8-11(17)9-16(3)4/h11-13,18H,5-10H2,1-4H3. The molecule has 3 unspecified atom stereocenters. The van der Waals surface area contributed by atoms with Gasteiger partial charge >= 0.3 is 0 Å². The molecule has 4 nitrogen and oxygen atoms in total. The van der Waals surface area contributed by atoms with Gasteiger partial charge in [0.05, 0.1) is 6.10 Å². The Morgan fingerprint density at radius 3 is 2.63 bits per heavy atom. The number of hydrogen-bond donors (Lipinski definition) is 1. The molecule has 1 saturated heterocycles. The van der Waals surface area contributed by atoms with Gasteiger partial charge in [0.25, 0.3) is 0 Å². The Morgan fingerprint density at radius 2 is 2.11 bits per heavy atom. The van der Waals surface area contributed by atoms with Gasteiger partial charge in [-0.15, -0.1) is 0 Å². The van der Waals surface area contributed by atoms with Crippen molar-refractivity contribution in [3.63, 3.8) is 0 Å². The fourth-order valence-electron chi connectivity index (χ4n) is 3.74. The van der Waals surface area contributed by atoms with Gasteiger partial charge in [-0.1, -0.05) is 20.3 Å². The van der Waals surface area contributed by atoms with E-state index in [4.69, 9.17) is 0 Å². The van der Waals surface area contributed by atoms with Crippen LogP contribution in [-0.4, -0.2) is 60.1 Å². The maximum Gasteiger partial charge on any atom is 0.226 e. The number of amides is 1. The third-order valence-electron chi connectivity index (χ3n) is 4.81. The zero-order valence-electron chi connectivity index (χ0n) is 12.7. The second-order valence-corrected chi connectivity index (χ2v) is 7.23. The second-order valence-electron chi connectivity index (χ2n) is 7.23. The molecule has 3 atom stereocenters. The average molecular weight is 268 g/mol. The minimum Gasteiger partial charge on any atom is -0.391 e. The summed E-state index contributed by atoms with van der Waals surface area (Å²) in [6.07, 6.45) is 3.67. The van der Waals surface area contributed by atoms with E-state index in [2.05, 4.69) is 18.7 Å². The van der Waals surface area contributed by atoms with Gasteiger partial charge in [-0.3, -0.25) is 4.79 Å². The molecule has 0 aromatic carbocycles. The predicted octanol–water partition coefficient (Wildman–Crippen LogP) is 1.34. The van der Waals surface area contributed by atoms with Gasteiger partial charge in [-0.05, 0) is 38.8 Å². The Balaban J connectivity index is 2.08. The fraction of sp³-hybridized carbons (Fsp3) is 0.933. The van der Waals surface area contributed by atoms with Crippen LogP contribution in [0.3, 0.4) is 0 Å². The summed E-state index contributed by atoms with van der Waals surface area (Å²) in [5.41, 5.74) is 0.118. The second kappa shape index (κ2) is 5.41. The van der Waals surface area contributed by atoms with E-state index in [1.165, 1.54) is 0 Å². The molecule has 110 valence electrons. The molecule has 2 fully saturated rings. The maximum atomic E-state index is 12.8. The van der Waals surface area contributed by atoms with Crippen molar-refractivity contribution in [1.29, 1.82) is 0 Å². The van der Waals surface area contributed by atoms with Gasteiger partial charge in [-0.25, -0.2) is 0 Å². The highest BCUT2D eigenvalue weighted by Crippen LogP contribution is 2.44. The van der Waals surface area contributed by atoms with Crippen molar-refractivity contribution in [2.45, 2.75) is 51.7 Å². The Morgan fingerprint density at radius 1 is 1.42 bits per heavy atom. The van der Waals surface area contributed by atoms with Crippen molar-refractivity contribution in [2.24, 2.45) is 11.3 Å². The topological polar surface area (TPSA) is 43.8 Å². The van der Waals surface area contributed by atoms with Crippen LogP contribution >= 0.6 is 0 Å². The zero-order chi connectivity index (χ0) is 14.2. The third kappa shape index (κ3) is 3.11. The Hall–Kier alpha value is -0.610.